The number of fused-ring (bicyclic) bond motifs is 1. The van der Waals surface area contributed by atoms with Crippen LogP contribution in [0.2, 0.25) is 0 Å². The van der Waals surface area contributed by atoms with E-state index >= 15 is 0 Å². The number of carbonyl (C=O) groups is 2. The largest absolute Gasteiger partial charge is 0.480 e. The molecule has 1 atom stereocenters. The molecule has 0 bridgehead atoms. The van der Waals surface area contributed by atoms with Crippen LogP contribution in [0, 0.1) is 0 Å². The third kappa shape index (κ3) is 5.42. The first kappa shape index (κ1) is 18.1. The molecule has 1 aromatic carbocycles. The van der Waals surface area contributed by atoms with Crippen molar-refractivity contribution in [1.82, 2.24) is 5.32 Å². The van der Waals surface area contributed by atoms with Crippen LogP contribution in [0.5, 0.6) is 11.5 Å². The van der Waals surface area contributed by atoms with Crippen molar-refractivity contribution < 1.29 is 28.9 Å². The van der Waals surface area contributed by atoms with Crippen molar-refractivity contribution in [3.63, 3.8) is 0 Å². The molecule has 0 saturated carbocycles. The van der Waals surface area contributed by atoms with E-state index < -0.39 is 12.0 Å². The van der Waals surface area contributed by atoms with Gasteiger partial charge in [-0.1, -0.05) is 6.07 Å². The molecule has 1 aliphatic rings. The Bertz CT molecular complexity index is 608. The molecule has 1 aromatic rings. The Balaban J connectivity index is 1.87. The molecular formula is C17H23NO6. The van der Waals surface area contributed by atoms with Gasteiger partial charge < -0.3 is 24.6 Å². The number of carboxylic acids is 1. The molecule has 7 nitrogen and oxygen atoms in total. The molecule has 0 radical (unpaired) electrons. The van der Waals surface area contributed by atoms with E-state index in [9.17, 15) is 14.7 Å². The van der Waals surface area contributed by atoms with Gasteiger partial charge in [-0.15, -0.1) is 0 Å². The third-order valence-corrected chi connectivity index (χ3v) is 3.38. The zero-order chi connectivity index (χ0) is 17.7. The quantitative estimate of drug-likeness (QED) is 0.787. The van der Waals surface area contributed by atoms with E-state index in [1.165, 1.54) is 0 Å². The molecule has 0 spiro atoms. The summed E-state index contributed by atoms with van der Waals surface area (Å²) in [6.45, 7) is 6.09. The number of amides is 1. The molecule has 1 amide bonds. The summed E-state index contributed by atoms with van der Waals surface area (Å²) in [5.41, 5.74) is 0.381. The van der Waals surface area contributed by atoms with Gasteiger partial charge in [0, 0.05) is 13.0 Å². The number of rotatable bonds is 7. The second-order valence-corrected chi connectivity index (χ2v) is 6.57. The van der Waals surface area contributed by atoms with Gasteiger partial charge >= 0.3 is 5.97 Å². The highest BCUT2D eigenvalue weighted by atomic mass is 16.7. The van der Waals surface area contributed by atoms with Crippen molar-refractivity contribution in [1.29, 1.82) is 0 Å². The predicted molar refractivity (Wildman–Crippen MR) is 86.2 cm³/mol. The Hall–Kier alpha value is -2.28. The van der Waals surface area contributed by atoms with Crippen molar-refractivity contribution in [3.8, 4) is 11.5 Å². The molecule has 132 valence electrons. The average molecular weight is 337 g/mol. The van der Waals surface area contributed by atoms with Crippen molar-refractivity contribution in [2.24, 2.45) is 0 Å². The summed E-state index contributed by atoms with van der Waals surface area (Å²) in [4.78, 5) is 23.4. The first-order chi connectivity index (χ1) is 11.2. The summed E-state index contributed by atoms with van der Waals surface area (Å²) >= 11 is 0. The summed E-state index contributed by atoms with van der Waals surface area (Å²) in [6.07, 6.45) is 0.278. The number of hydrogen-bond donors (Lipinski definition) is 2. The summed E-state index contributed by atoms with van der Waals surface area (Å²) in [5.74, 6) is -0.209. The van der Waals surface area contributed by atoms with Crippen LogP contribution in [-0.2, 0) is 20.7 Å². The molecular weight excluding hydrogens is 314 g/mol. The lowest BCUT2D eigenvalue weighted by molar-refractivity contribution is -0.142. The molecule has 7 heteroatoms. The van der Waals surface area contributed by atoms with Gasteiger partial charge in [-0.05, 0) is 38.5 Å². The maximum atomic E-state index is 12.1. The van der Waals surface area contributed by atoms with Crippen LogP contribution in [-0.4, -0.2) is 42.0 Å². The number of aliphatic carboxylic acids is 1. The molecule has 1 unspecified atom stereocenters. The lowest BCUT2D eigenvalue weighted by atomic mass is 10.1. The second kappa shape index (κ2) is 7.53. The van der Waals surface area contributed by atoms with Crippen molar-refractivity contribution in [3.05, 3.63) is 23.8 Å². The zero-order valence-electron chi connectivity index (χ0n) is 14.1. The maximum Gasteiger partial charge on any atom is 0.326 e. The molecule has 24 heavy (non-hydrogen) atoms. The SMILES string of the molecule is CC(C)(C)OCCC(NC(=O)Cc1ccc2c(c1)OCO2)C(=O)O. The lowest BCUT2D eigenvalue weighted by Crippen LogP contribution is -2.42. The number of ether oxygens (including phenoxy) is 3. The highest BCUT2D eigenvalue weighted by Crippen LogP contribution is 2.32. The molecule has 2 rings (SSSR count). The predicted octanol–water partition coefficient (Wildman–Crippen LogP) is 1.73. The van der Waals surface area contributed by atoms with Crippen LogP contribution in [0.1, 0.15) is 32.8 Å². The van der Waals surface area contributed by atoms with Gasteiger partial charge in [-0.3, -0.25) is 4.79 Å². The van der Waals surface area contributed by atoms with Crippen LogP contribution in [0.15, 0.2) is 18.2 Å². The van der Waals surface area contributed by atoms with Crippen molar-refractivity contribution >= 4 is 11.9 Å². The lowest BCUT2D eigenvalue weighted by Gasteiger charge is -2.21. The Morgan fingerprint density at radius 1 is 1.29 bits per heavy atom. The fraction of sp³-hybridized carbons (Fsp3) is 0.529. The van der Waals surface area contributed by atoms with Crippen molar-refractivity contribution in [2.45, 2.75) is 45.3 Å². The summed E-state index contributed by atoms with van der Waals surface area (Å²) in [5, 5.41) is 11.8. The third-order valence-electron chi connectivity index (χ3n) is 3.38. The van der Waals surface area contributed by atoms with Crippen LogP contribution >= 0.6 is 0 Å². The van der Waals surface area contributed by atoms with Crippen LogP contribution in [0.25, 0.3) is 0 Å². The van der Waals surface area contributed by atoms with E-state index in [1.807, 2.05) is 20.8 Å². The first-order valence-corrected chi connectivity index (χ1v) is 7.79. The molecule has 2 N–H and O–H groups in total. The van der Waals surface area contributed by atoms with Gasteiger partial charge in [-0.25, -0.2) is 4.79 Å². The Kier molecular flexibility index (Phi) is 5.66. The van der Waals surface area contributed by atoms with Gasteiger partial charge in [-0.2, -0.15) is 0 Å². The highest BCUT2D eigenvalue weighted by Gasteiger charge is 2.22. The number of carbonyl (C=O) groups excluding carboxylic acids is 1. The number of hydrogen-bond acceptors (Lipinski definition) is 5. The second-order valence-electron chi connectivity index (χ2n) is 6.57. The smallest absolute Gasteiger partial charge is 0.326 e. The number of benzene rings is 1. The maximum absolute atomic E-state index is 12.1. The Morgan fingerprint density at radius 3 is 2.67 bits per heavy atom. The molecule has 0 aromatic heterocycles. The van der Waals surface area contributed by atoms with E-state index in [-0.39, 0.29) is 37.7 Å². The van der Waals surface area contributed by atoms with Gasteiger partial charge in [0.05, 0.1) is 12.0 Å². The summed E-state index contributed by atoms with van der Waals surface area (Å²) in [7, 11) is 0. The standard InChI is InChI=1S/C17H23NO6/c1-17(2,3)24-7-6-12(16(20)21)18-15(19)9-11-4-5-13-14(8-11)23-10-22-13/h4-5,8,12H,6-7,9-10H2,1-3H3,(H,18,19)(H,20,21). The molecule has 1 heterocycles. The summed E-state index contributed by atoms with van der Waals surface area (Å²) in [6, 6.07) is 4.23. The topological polar surface area (TPSA) is 94.1 Å². The fourth-order valence-electron chi connectivity index (χ4n) is 2.22. The van der Waals surface area contributed by atoms with E-state index in [0.717, 1.165) is 5.56 Å². The van der Waals surface area contributed by atoms with E-state index in [2.05, 4.69) is 5.32 Å². The van der Waals surface area contributed by atoms with Crippen LogP contribution in [0.3, 0.4) is 0 Å². The minimum absolute atomic E-state index is 0.0700. The summed E-state index contributed by atoms with van der Waals surface area (Å²) < 4.78 is 16.0. The Labute approximate surface area is 140 Å². The monoisotopic (exact) mass is 337 g/mol. The van der Waals surface area contributed by atoms with Gasteiger partial charge in [0.25, 0.3) is 0 Å². The van der Waals surface area contributed by atoms with Gasteiger partial charge in [0.15, 0.2) is 11.5 Å². The van der Waals surface area contributed by atoms with Gasteiger partial charge in [0.1, 0.15) is 6.04 Å². The molecule has 0 fully saturated rings. The Morgan fingerprint density at radius 2 is 2.00 bits per heavy atom. The van der Waals surface area contributed by atoms with E-state index in [0.29, 0.717) is 11.5 Å². The van der Waals surface area contributed by atoms with Crippen LogP contribution < -0.4 is 14.8 Å². The fourth-order valence-corrected chi connectivity index (χ4v) is 2.22. The minimum Gasteiger partial charge on any atom is -0.480 e. The minimum atomic E-state index is -1.08. The number of nitrogens with one attached hydrogen (secondary N) is 1. The van der Waals surface area contributed by atoms with Gasteiger partial charge in [0.2, 0.25) is 12.7 Å². The normalized spacial score (nSPS) is 14.3. The zero-order valence-corrected chi connectivity index (χ0v) is 14.1. The molecule has 0 saturated heterocycles. The van der Waals surface area contributed by atoms with Crippen molar-refractivity contribution in [2.75, 3.05) is 13.4 Å². The molecule has 0 aliphatic carbocycles. The average Bonchev–Trinajstić information content (AvgIpc) is 2.92. The van der Waals surface area contributed by atoms with E-state index in [4.69, 9.17) is 14.2 Å². The van der Waals surface area contributed by atoms with E-state index in [1.54, 1.807) is 18.2 Å². The number of carboxylic acid groups (broad SMARTS) is 1. The molecule has 1 aliphatic heterocycles. The van der Waals surface area contributed by atoms with Crippen LogP contribution in [0.4, 0.5) is 0 Å². The first-order valence-electron chi connectivity index (χ1n) is 7.79. The highest BCUT2D eigenvalue weighted by molar-refractivity contribution is 5.84.